The molecule has 0 N–H and O–H groups in total. The lowest BCUT2D eigenvalue weighted by Crippen LogP contribution is -2.46. The summed E-state index contributed by atoms with van der Waals surface area (Å²) in [7, 11) is -0.318. The fourth-order valence-electron chi connectivity index (χ4n) is 4.37. The lowest BCUT2D eigenvalue weighted by atomic mass is 9.75. The van der Waals surface area contributed by atoms with Crippen LogP contribution in [0.25, 0.3) is 0 Å². The highest BCUT2D eigenvalue weighted by molar-refractivity contribution is 7.97. The molecular formula is C27H30FOS+. The molecule has 0 bridgehead atoms. The molecule has 156 valence electrons. The summed E-state index contributed by atoms with van der Waals surface area (Å²) >= 11 is 0. The van der Waals surface area contributed by atoms with E-state index in [9.17, 15) is 4.39 Å². The first-order valence-corrected chi connectivity index (χ1v) is 12.0. The standard InChI is InChI=1S/C27H30FOS/c1-26(2,3)27(18-10-11-19-27)29-25-20-23(16-17-24(25)28)30(21-12-6-4-7-13-21)22-14-8-5-9-15-22/h4-9,12-17,20H,10-11,18-19H2,1-3H3/q+1. The molecule has 3 heteroatoms. The van der Waals surface area contributed by atoms with Gasteiger partial charge in [0, 0.05) is 11.5 Å². The summed E-state index contributed by atoms with van der Waals surface area (Å²) in [6, 6.07) is 26.3. The minimum absolute atomic E-state index is 0.0491. The zero-order chi connectivity index (χ0) is 21.2. The van der Waals surface area contributed by atoms with Gasteiger partial charge in [0.15, 0.2) is 26.3 Å². The van der Waals surface area contributed by atoms with Gasteiger partial charge in [-0.1, -0.05) is 57.2 Å². The summed E-state index contributed by atoms with van der Waals surface area (Å²) in [6.07, 6.45) is 4.22. The summed E-state index contributed by atoms with van der Waals surface area (Å²) in [5.41, 5.74) is -0.364. The van der Waals surface area contributed by atoms with E-state index in [1.807, 2.05) is 24.3 Å². The smallest absolute Gasteiger partial charge is 0.170 e. The van der Waals surface area contributed by atoms with Gasteiger partial charge in [-0.3, -0.25) is 0 Å². The van der Waals surface area contributed by atoms with Crippen LogP contribution in [0.3, 0.4) is 0 Å². The molecular weight excluding hydrogens is 391 g/mol. The highest BCUT2D eigenvalue weighted by Crippen LogP contribution is 2.47. The third-order valence-electron chi connectivity index (χ3n) is 6.18. The monoisotopic (exact) mass is 421 g/mol. The molecule has 0 radical (unpaired) electrons. The maximum atomic E-state index is 14.9. The minimum Gasteiger partial charge on any atom is -0.483 e. The third kappa shape index (κ3) is 4.13. The van der Waals surface area contributed by atoms with Gasteiger partial charge < -0.3 is 4.74 Å². The van der Waals surface area contributed by atoms with E-state index in [-0.39, 0.29) is 27.7 Å². The van der Waals surface area contributed by atoms with Gasteiger partial charge in [-0.05, 0) is 62.1 Å². The van der Waals surface area contributed by atoms with Crippen LogP contribution in [0.5, 0.6) is 5.75 Å². The van der Waals surface area contributed by atoms with Crippen molar-refractivity contribution < 1.29 is 9.13 Å². The van der Waals surface area contributed by atoms with E-state index in [1.54, 1.807) is 6.07 Å². The van der Waals surface area contributed by atoms with E-state index in [1.165, 1.54) is 9.79 Å². The van der Waals surface area contributed by atoms with Crippen LogP contribution in [-0.4, -0.2) is 5.60 Å². The molecule has 4 rings (SSSR count). The van der Waals surface area contributed by atoms with Gasteiger partial charge in [-0.2, -0.15) is 0 Å². The van der Waals surface area contributed by atoms with Crippen LogP contribution < -0.4 is 4.74 Å². The van der Waals surface area contributed by atoms with Crippen LogP contribution in [0.2, 0.25) is 0 Å². The van der Waals surface area contributed by atoms with Crippen molar-refractivity contribution in [1.29, 1.82) is 0 Å². The Morgan fingerprint density at radius 1 is 0.767 bits per heavy atom. The molecule has 1 saturated carbocycles. The van der Waals surface area contributed by atoms with Crippen molar-refractivity contribution in [1.82, 2.24) is 0 Å². The molecule has 1 aliphatic carbocycles. The van der Waals surface area contributed by atoms with E-state index in [2.05, 4.69) is 69.3 Å². The molecule has 0 atom stereocenters. The Bertz CT molecular complexity index is 933. The Morgan fingerprint density at radius 3 is 1.80 bits per heavy atom. The van der Waals surface area contributed by atoms with Gasteiger partial charge >= 0.3 is 0 Å². The zero-order valence-corrected chi connectivity index (χ0v) is 18.8. The van der Waals surface area contributed by atoms with Crippen molar-refractivity contribution in [3.8, 4) is 5.75 Å². The number of hydrogen-bond donors (Lipinski definition) is 0. The average Bonchev–Trinajstić information content (AvgIpc) is 3.22. The summed E-state index contributed by atoms with van der Waals surface area (Å²) < 4.78 is 21.5. The van der Waals surface area contributed by atoms with E-state index < -0.39 is 0 Å². The number of ether oxygens (including phenoxy) is 1. The normalized spacial score (nSPS) is 16.0. The summed E-state index contributed by atoms with van der Waals surface area (Å²) in [4.78, 5) is 3.51. The summed E-state index contributed by atoms with van der Waals surface area (Å²) in [5.74, 6) is 0.104. The summed E-state index contributed by atoms with van der Waals surface area (Å²) in [5, 5.41) is 0. The number of benzene rings is 3. The van der Waals surface area contributed by atoms with Gasteiger partial charge in [0.05, 0.1) is 10.9 Å². The molecule has 3 aromatic rings. The highest BCUT2D eigenvalue weighted by Gasteiger charge is 2.47. The first-order chi connectivity index (χ1) is 14.4. The minimum atomic E-state index is -0.318. The lowest BCUT2D eigenvalue weighted by molar-refractivity contribution is -0.0297. The Balaban J connectivity index is 1.77. The fraction of sp³-hybridized carbons (Fsp3) is 0.333. The largest absolute Gasteiger partial charge is 0.483 e. The second kappa shape index (κ2) is 8.47. The van der Waals surface area contributed by atoms with Crippen molar-refractivity contribution in [2.24, 2.45) is 5.41 Å². The van der Waals surface area contributed by atoms with Crippen molar-refractivity contribution in [3.63, 3.8) is 0 Å². The van der Waals surface area contributed by atoms with Gasteiger partial charge in [0.2, 0.25) is 0 Å². The van der Waals surface area contributed by atoms with Crippen LogP contribution in [-0.2, 0) is 10.9 Å². The maximum Gasteiger partial charge on any atom is 0.170 e. The van der Waals surface area contributed by atoms with Gasteiger partial charge in [0.1, 0.15) is 5.60 Å². The van der Waals surface area contributed by atoms with Crippen LogP contribution in [0.15, 0.2) is 93.5 Å². The van der Waals surface area contributed by atoms with Crippen LogP contribution in [0.1, 0.15) is 46.5 Å². The molecule has 1 aliphatic rings. The number of halogens is 1. The van der Waals surface area contributed by atoms with Gasteiger partial charge in [-0.15, -0.1) is 0 Å². The number of hydrogen-bond acceptors (Lipinski definition) is 1. The topological polar surface area (TPSA) is 9.23 Å². The van der Waals surface area contributed by atoms with E-state index in [0.717, 1.165) is 30.6 Å². The second-order valence-corrected chi connectivity index (χ2v) is 11.1. The van der Waals surface area contributed by atoms with Crippen molar-refractivity contribution in [3.05, 3.63) is 84.7 Å². The summed E-state index contributed by atoms with van der Waals surface area (Å²) in [6.45, 7) is 6.62. The second-order valence-electron chi connectivity index (χ2n) is 9.08. The van der Waals surface area contributed by atoms with Crippen molar-refractivity contribution in [2.45, 2.75) is 66.7 Å². The molecule has 30 heavy (non-hydrogen) atoms. The number of rotatable bonds is 5. The SMILES string of the molecule is CC(C)(C)C1(Oc2cc([S+](c3ccccc3)c3ccccc3)ccc2F)CCCC1. The molecule has 0 unspecified atom stereocenters. The molecule has 0 saturated heterocycles. The van der Waals surface area contributed by atoms with E-state index >= 15 is 0 Å². The molecule has 0 amide bonds. The van der Waals surface area contributed by atoms with Crippen molar-refractivity contribution >= 4 is 10.9 Å². The van der Waals surface area contributed by atoms with E-state index in [0.29, 0.717) is 5.75 Å². The Hall–Kier alpha value is -2.26. The Kier molecular flexibility index (Phi) is 5.92. The fourth-order valence-corrected chi connectivity index (χ4v) is 6.48. The molecule has 1 nitrogen and oxygen atoms in total. The van der Waals surface area contributed by atoms with Crippen LogP contribution in [0.4, 0.5) is 4.39 Å². The van der Waals surface area contributed by atoms with Crippen LogP contribution in [0, 0.1) is 11.2 Å². The molecule has 0 aromatic heterocycles. The zero-order valence-electron chi connectivity index (χ0n) is 18.0. The van der Waals surface area contributed by atoms with Gasteiger partial charge in [-0.25, -0.2) is 4.39 Å². The predicted molar refractivity (Wildman–Crippen MR) is 123 cm³/mol. The maximum absolute atomic E-state index is 14.9. The first-order valence-electron chi connectivity index (χ1n) is 10.7. The predicted octanol–water partition coefficient (Wildman–Crippen LogP) is 7.66. The van der Waals surface area contributed by atoms with E-state index in [4.69, 9.17) is 4.74 Å². The Labute approximate surface area is 182 Å². The van der Waals surface area contributed by atoms with Crippen molar-refractivity contribution in [2.75, 3.05) is 0 Å². The average molecular weight is 422 g/mol. The molecule has 1 fully saturated rings. The highest BCUT2D eigenvalue weighted by atomic mass is 32.2. The Morgan fingerprint density at radius 2 is 1.30 bits per heavy atom. The third-order valence-corrected chi connectivity index (χ3v) is 8.39. The molecule has 0 heterocycles. The lowest BCUT2D eigenvalue weighted by Gasteiger charge is -2.42. The first kappa shape index (κ1) is 21.0. The quantitative estimate of drug-likeness (QED) is 0.384. The molecule has 3 aromatic carbocycles. The molecule has 0 spiro atoms. The molecule has 0 aliphatic heterocycles. The van der Waals surface area contributed by atoms with Crippen LogP contribution >= 0.6 is 0 Å². The van der Waals surface area contributed by atoms with Gasteiger partial charge in [0.25, 0.3) is 0 Å².